The fourth-order valence-electron chi connectivity index (χ4n) is 6.52. The number of carbonyl (C=O) groups is 2. The van der Waals surface area contributed by atoms with Crippen molar-refractivity contribution >= 4 is 11.9 Å². The van der Waals surface area contributed by atoms with Crippen LogP contribution in [0.15, 0.2) is 36.6 Å². The van der Waals surface area contributed by atoms with Gasteiger partial charge in [-0.3, -0.25) is 4.79 Å². The normalized spacial score (nSPS) is 34.4. The molecule has 0 aromatic heterocycles. The highest BCUT2D eigenvalue weighted by molar-refractivity contribution is 5.96. The van der Waals surface area contributed by atoms with E-state index in [1.54, 1.807) is 18.2 Å². The first-order valence-electron chi connectivity index (χ1n) is 11.1. The molecule has 0 aromatic rings. The number of nitrogens with zero attached hydrogens (tertiary/aromatic N) is 1. The Hall–Kier alpha value is -2.24. The van der Waals surface area contributed by atoms with Gasteiger partial charge in [0.2, 0.25) is 0 Å². The fourth-order valence-corrected chi connectivity index (χ4v) is 6.52. The Labute approximate surface area is 173 Å². The Bertz CT molecular complexity index is 683. The summed E-state index contributed by atoms with van der Waals surface area (Å²) >= 11 is 0. The standard InChI is InChI=1S/C23H34N4O2/c1-2-19(4-3-7-24)21(28)27-8-5-20(6-9-27)25-22(29)26-23-13-16-10-17(14-23)12-18(11-16)15-23/h2-4,7,16-18,20H,1,5-6,8-15,24H2,(H2,25,26,29)/b7-3-,19-4+. The summed E-state index contributed by atoms with van der Waals surface area (Å²) in [6.45, 7) is 4.99. The molecule has 1 saturated heterocycles. The van der Waals surface area contributed by atoms with Gasteiger partial charge in [0.15, 0.2) is 0 Å². The van der Waals surface area contributed by atoms with Gasteiger partial charge in [-0.1, -0.05) is 12.7 Å². The molecule has 6 heteroatoms. The van der Waals surface area contributed by atoms with E-state index in [1.807, 2.05) is 4.90 Å². The topological polar surface area (TPSA) is 87.5 Å². The second-order valence-electron chi connectivity index (χ2n) is 9.57. The molecule has 0 unspecified atom stereocenters. The Morgan fingerprint density at radius 3 is 2.14 bits per heavy atom. The Morgan fingerprint density at radius 2 is 1.62 bits per heavy atom. The van der Waals surface area contributed by atoms with Gasteiger partial charge in [-0.2, -0.15) is 0 Å². The predicted octanol–water partition coefficient (Wildman–Crippen LogP) is 2.83. The fraction of sp³-hybridized carbons (Fsp3) is 0.652. The van der Waals surface area contributed by atoms with E-state index in [9.17, 15) is 9.59 Å². The number of hydrogen-bond donors (Lipinski definition) is 3. The largest absolute Gasteiger partial charge is 0.405 e. The average molecular weight is 399 g/mol. The van der Waals surface area contributed by atoms with Crippen molar-refractivity contribution < 1.29 is 9.59 Å². The molecule has 5 aliphatic rings. The van der Waals surface area contributed by atoms with Crippen LogP contribution in [0.25, 0.3) is 0 Å². The summed E-state index contributed by atoms with van der Waals surface area (Å²) in [5.41, 5.74) is 5.93. The van der Waals surface area contributed by atoms with Crippen molar-refractivity contribution in [3.05, 3.63) is 36.6 Å². The number of nitrogens with one attached hydrogen (secondary N) is 2. The van der Waals surface area contributed by atoms with E-state index in [0.717, 1.165) is 49.9 Å². The maximum atomic E-state index is 12.7. The smallest absolute Gasteiger partial charge is 0.315 e. The lowest BCUT2D eigenvalue weighted by Crippen LogP contribution is -2.62. The van der Waals surface area contributed by atoms with Crippen LogP contribution >= 0.6 is 0 Å². The molecule has 5 fully saturated rings. The van der Waals surface area contributed by atoms with Crippen LogP contribution in [0.3, 0.4) is 0 Å². The molecular weight excluding hydrogens is 364 g/mol. The van der Waals surface area contributed by atoms with Crippen LogP contribution in [0, 0.1) is 17.8 Å². The average Bonchev–Trinajstić information content (AvgIpc) is 2.67. The third-order valence-electron chi connectivity index (χ3n) is 7.39. The van der Waals surface area contributed by atoms with Crippen molar-refractivity contribution in [3.63, 3.8) is 0 Å². The first kappa shape index (κ1) is 20.0. The van der Waals surface area contributed by atoms with E-state index >= 15 is 0 Å². The molecule has 0 spiro atoms. The number of rotatable bonds is 5. The monoisotopic (exact) mass is 398 g/mol. The molecule has 29 heavy (non-hydrogen) atoms. The third kappa shape index (κ3) is 4.36. The highest BCUT2D eigenvalue weighted by atomic mass is 16.2. The number of hydrogen-bond acceptors (Lipinski definition) is 3. The Balaban J connectivity index is 1.26. The highest BCUT2D eigenvalue weighted by Gasteiger charge is 2.51. The lowest BCUT2D eigenvalue weighted by atomic mass is 9.53. The molecule has 0 aromatic carbocycles. The number of allylic oxidation sites excluding steroid dienone is 2. The molecule has 0 radical (unpaired) electrons. The van der Waals surface area contributed by atoms with E-state index in [2.05, 4.69) is 17.2 Å². The van der Waals surface area contributed by atoms with E-state index in [1.165, 1.54) is 25.5 Å². The van der Waals surface area contributed by atoms with Crippen molar-refractivity contribution in [2.75, 3.05) is 13.1 Å². The molecule has 1 heterocycles. The zero-order valence-electron chi connectivity index (χ0n) is 17.2. The third-order valence-corrected chi connectivity index (χ3v) is 7.39. The Kier molecular flexibility index (Phi) is 5.70. The van der Waals surface area contributed by atoms with Crippen LogP contribution in [0.5, 0.6) is 0 Å². The van der Waals surface area contributed by atoms with Gasteiger partial charge in [-0.05, 0) is 87.5 Å². The molecule has 4 N–H and O–H groups in total. The van der Waals surface area contributed by atoms with Crippen LogP contribution in [-0.2, 0) is 4.79 Å². The van der Waals surface area contributed by atoms with Crippen LogP contribution < -0.4 is 16.4 Å². The second-order valence-corrected chi connectivity index (χ2v) is 9.57. The zero-order chi connectivity index (χ0) is 20.4. The highest BCUT2D eigenvalue weighted by Crippen LogP contribution is 2.55. The lowest BCUT2D eigenvalue weighted by Gasteiger charge is -2.56. The maximum Gasteiger partial charge on any atom is 0.315 e. The molecule has 4 saturated carbocycles. The SMILES string of the molecule is C=C/C(=C\C=C/N)C(=O)N1CCC(NC(=O)NC23CC4CC(CC(C4)C2)C3)CC1. The minimum Gasteiger partial charge on any atom is -0.405 e. The van der Waals surface area contributed by atoms with Crippen LogP contribution in [0.1, 0.15) is 51.4 Å². The molecule has 3 amide bonds. The Morgan fingerprint density at radius 1 is 1.03 bits per heavy atom. The van der Waals surface area contributed by atoms with Crippen LogP contribution in [0.4, 0.5) is 4.79 Å². The molecule has 1 aliphatic heterocycles. The van der Waals surface area contributed by atoms with Crippen molar-refractivity contribution in [2.45, 2.75) is 62.9 Å². The van der Waals surface area contributed by atoms with Crippen molar-refractivity contribution in [2.24, 2.45) is 23.5 Å². The quantitative estimate of drug-likeness (QED) is 0.492. The van der Waals surface area contributed by atoms with Crippen molar-refractivity contribution in [1.82, 2.24) is 15.5 Å². The zero-order valence-corrected chi connectivity index (χ0v) is 17.2. The number of urea groups is 1. The van der Waals surface area contributed by atoms with Crippen LogP contribution in [-0.4, -0.2) is 41.5 Å². The number of amides is 3. The van der Waals surface area contributed by atoms with Gasteiger partial charge in [-0.25, -0.2) is 4.79 Å². The van der Waals surface area contributed by atoms with Crippen molar-refractivity contribution in [1.29, 1.82) is 0 Å². The summed E-state index contributed by atoms with van der Waals surface area (Å²) < 4.78 is 0. The summed E-state index contributed by atoms with van der Waals surface area (Å²) in [6, 6.07) is 0.101. The molecule has 4 aliphatic carbocycles. The lowest BCUT2D eigenvalue weighted by molar-refractivity contribution is -0.127. The van der Waals surface area contributed by atoms with Gasteiger partial charge in [-0.15, -0.1) is 0 Å². The van der Waals surface area contributed by atoms with Gasteiger partial charge in [0.25, 0.3) is 5.91 Å². The molecule has 5 rings (SSSR count). The minimum atomic E-state index is -0.0328. The summed E-state index contributed by atoms with van der Waals surface area (Å²) in [5, 5.41) is 6.56. The van der Waals surface area contributed by atoms with E-state index in [0.29, 0.717) is 18.7 Å². The van der Waals surface area contributed by atoms with Crippen molar-refractivity contribution in [3.8, 4) is 0 Å². The molecule has 4 bridgehead atoms. The summed E-state index contributed by atoms with van der Waals surface area (Å²) in [4.78, 5) is 27.2. The van der Waals surface area contributed by atoms with Gasteiger partial charge < -0.3 is 21.3 Å². The molecule has 6 nitrogen and oxygen atoms in total. The van der Waals surface area contributed by atoms with Gasteiger partial charge in [0.05, 0.1) is 0 Å². The molecule has 158 valence electrons. The van der Waals surface area contributed by atoms with E-state index in [-0.39, 0.29) is 23.5 Å². The predicted molar refractivity (Wildman–Crippen MR) is 114 cm³/mol. The summed E-state index contributed by atoms with van der Waals surface area (Å²) in [5.74, 6) is 2.42. The van der Waals surface area contributed by atoms with Gasteiger partial charge in [0, 0.05) is 30.2 Å². The molecule has 0 atom stereocenters. The first-order valence-corrected chi connectivity index (χ1v) is 11.1. The molecular formula is C23H34N4O2. The van der Waals surface area contributed by atoms with Gasteiger partial charge in [0.1, 0.15) is 0 Å². The number of piperidine rings is 1. The minimum absolute atomic E-state index is 0.0171. The maximum absolute atomic E-state index is 12.7. The summed E-state index contributed by atoms with van der Waals surface area (Å²) in [7, 11) is 0. The number of carbonyl (C=O) groups excluding carboxylic acids is 2. The number of likely N-dealkylation sites (tertiary alicyclic amines) is 1. The van der Waals surface area contributed by atoms with Crippen LogP contribution in [0.2, 0.25) is 0 Å². The summed E-state index contributed by atoms with van der Waals surface area (Å²) in [6.07, 6.45) is 15.4. The van der Waals surface area contributed by atoms with E-state index in [4.69, 9.17) is 5.73 Å². The number of nitrogens with two attached hydrogens (primary N) is 1. The first-order chi connectivity index (χ1) is 14.0. The van der Waals surface area contributed by atoms with E-state index < -0.39 is 0 Å². The van der Waals surface area contributed by atoms with Gasteiger partial charge >= 0.3 is 6.03 Å². The second kappa shape index (κ2) is 8.25.